The molecule has 1 radical (unpaired) electrons. The highest BCUT2D eigenvalue weighted by Gasteiger charge is 2.40. The average molecular weight is 171 g/mol. The van der Waals surface area contributed by atoms with E-state index in [0.29, 0.717) is 0 Å². The monoisotopic (exact) mass is 171 g/mol. The summed E-state index contributed by atoms with van der Waals surface area (Å²) in [5, 5.41) is 0. The topological polar surface area (TPSA) is 0 Å². The Labute approximate surface area is 80.0 Å². The van der Waals surface area contributed by atoms with Gasteiger partial charge in [-0.25, -0.2) is 0 Å². The van der Waals surface area contributed by atoms with Crippen LogP contribution in [0.15, 0.2) is 30.3 Å². The van der Waals surface area contributed by atoms with E-state index in [2.05, 4.69) is 30.3 Å². The van der Waals surface area contributed by atoms with E-state index in [0.717, 1.165) is 11.8 Å². The summed E-state index contributed by atoms with van der Waals surface area (Å²) in [5.74, 6) is 3.68. The maximum atomic E-state index is 2.30. The van der Waals surface area contributed by atoms with Gasteiger partial charge in [0.15, 0.2) is 0 Å². The Morgan fingerprint density at radius 2 is 1.85 bits per heavy atom. The van der Waals surface area contributed by atoms with Crippen molar-refractivity contribution in [1.82, 2.24) is 0 Å². The fraction of sp³-hybridized carbons (Fsp3) is 0.462. The van der Waals surface area contributed by atoms with Gasteiger partial charge in [0, 0.05) is 0 Å². The Kier molecular flexibility index (Phi) is 1.68. The molecule has 0 N–H and O–H groups in total. The van der Waals surface area contributed by atoms with E-state index in [1.807, 2.05) is 5.92 Å². The Balaban J connectivity index is 1.87. The third-order valence-electron chi connectivity index (χ3n) is 3.72. The van der Waals surface area contributed by atoms with E-state index in [4.69, 9.17) is 0 Å². The van der Waals surface area contributed by atoms with Crippen molar-refractivity contribution in [3.63, 3.8) is 0 Å². The molecule has 2 fully saturated rings. The first-order valence-electron chi connectivity index (χ1n) is 5.32. The van der Waals surface area contributed by atoms with Gasteiger partial charge in [0.2, 0.25) is 0 Å². The maximum Gasteiger partial charge on any atom is -0.0128 e. The molecule has 2 aliphatic carbocycles. The van der Waals surface area contributed by atoms with Gasteiger partial charge in [0.1, 0.15) is 0 Å². The zero-order chi connectivity index (χ0) is 8.67. The van der Waals surface area contributed by atoms with Gasteiger partial charge in [-0.2, -0.15) is 0 Å². The second kappa shape index (κ2) is 2.87. The lowest BCUT2D eigenvalue weighted by Crippen LogP contribution is -2.07. The third kappa shape index (κ3) is 1.20. The van der Waals surface area contributed by atoms with E-state index in [9.17, 15) is 0 Å². The molecule has 0 nitrogen and oxygen atoms in total. The molecule has 0 spiro atoms. The molecule has 2 aliphatic rings. The van der Waals surface area contributed by atoms with Gasteiger partial charge in [0.05, 0.1) is 0 Å². The van der Waals surface area contributed by atoms with Gasteiger partial charge < -0.3 is 0 Å². The van der Waals surface area contributed by atoms with Crippen LogP contribution in [0.4, 0.5) is 0 Å². The average Bonchev–Trinajstić information content (AvgIpc) is 2.80. The second-order valence-corrected chi connectivity index (χ2v) is 4.47. The molecule has 13 heavy (non-hydrogen) atoms. The summed E-state index contributed by atoms with van der Waals surface area (Å²) in [5.41, 5.74) is 1.57. The molecule has 0 aliphatic heterocycles. The van der Waals surface area contributed by atoms with E-state index in [1.54, 1.807) is 5.56 Å². The number of fused-ring (bicyclic) bond motifs is 2. The highest BCUT2D eigenvalue weighted by molar-refractivity contribution is 5.26. The third-order valence-corrected chi connectivity index (χ3v) is 3.72. The van der Waals surface area contributed by atoms with Gasteiger partial charge in [0.25, 0.3) is 0 Å². The molecular formula is C13H15. The van der Waals surface area contributed by atoms with Crippen molar-refractivity contribution >= 4 is 0 Å². The zero-order valence-corrected chi connectivity index (χ0v) is 7.87. The highest BCUT2D eigenvalue weighted by atomic mass is 14.4. The smallest absolute Gasteiger partial charge is 0.0128 e. The standard InChI is InChI=1S/C13H15/c1-2-4-11(5-3-1)13-9-10-6-7-12(13)8-10/h1-5,12-13H,6-9H2. The van der Waals surface area contributed by atoms with E-state index < -0.39 is 0 Å². The number of hydrogen-bond donors (Lipinski definition) is 0. The van der Waals surface area contributed by atoms with Crippen LogP contribution in [-0.4, -0.2) is 0 Å². The van der Waals surface area contributed by atoms with Crippen molar-refractivity contribution in [3.05, 3.63) is 41.8 Å². The summed E-state index contributed by atoms with van der Waals surface area (Å²) >= 11 is 0. The molecule has 1 aromatic carbocycles. The molecule has 2 saturated carbocycles. The van der Waals surface area contributed by atoms with Crippen molar-refractivity contribution in [2.75, 3.05) is 0 Å². The lowest BCUT2D eigenvalue weighted by atomic mass is 9.84. The predicted molar refractivity (Wildman–Crippen MR) is 54.4 cm³/mol. The van der Waals surface area contributed by atoms with Crippen LogP contribution >= 0.6 is 0 Å². The number of benzene rings is 1. The van der Waals surface area contributed by atoms with Crippen molar-refractivity contribution in [1.29, 1.82) is 0 Å². The van der Waals surface area contributed by atoms with Crippen LogP contribution in [0.2, 0.25) is 0 Å². The van der Waals surface area contributed by atoms with Gasteiger partial charge in [-0.1, -0.05) is 30.3 Å². The molecule has 0 heterocycles. The SMILES string of the molecule is c1ccc(C2C[C]3CCC2C3)cc1. The molecule has 0 aromatic heterocycles. The molecule has 0 amide bonds. The fourth-order valence-corrected chi connectivity index (χ4v) is 3.06. The predicted octanol–water partition coefficient (Wildman–Crippen LogP) is 3.55. The molecule has 2 unspecified atom stereocenters. The first-order chi connectivity index (χ1) is 6.43. The Morgan fingerprint density at radius 3 is 2.46 bits per heavy atom. The summed E-state index contributed by atoms with van der Waals surface area (Å²) < 4.78 is 0. The van der Waals surface area contributed by atoms with E-state index in [1.165, 1.54) is 25.7 Å². The van der Waals surface area contributed by atoms with E-state index in [-0.39, 0.29) is 0 Å². The Bertz CT molecular complexity index is 288. The van der Waals surface area contributed by atoms with Crippen molar-refractivity contribution in [2.45, 2.75) is 31.6 Å². The van der Waals surface area contributed by atoms with Crippen LogP contribution in [0.3, 0.4) is 0 Å². The van der Waals surface area contributed by atoms with Crippen LogP contribution < -0.4 is 0 Å². The summed E-state index contributed by atoms with van der Waals surface area (Å²) in [6.07, 6.45) is 5.69. The normalized spacial score (nSPS) is 32.6. The highest BCUT2D eigenvalue weighted by Crippen LogP contribution is 2.53. The largest absolute Gasteiger partial charge is 0.0622 e. The molecule has 1 aromatic rings. The summed E-state index contributed by atoms with van der Waals surface area (Å²) in [4.78, 5) is 0. The molecular weight excluding hydrogens is 156 g/mol. The lowest BCUT2D eigenvalue weighted by molar-refractivity contribution is 0.455. The molecule has 3 rings (SSSR count). The van der Waals surface area contributed by atoms with Crippen molar-refractivity contribution < 1.29 is 0 Å². The maximum absolute atomic E-state index is 2.30. The summed E-state index contributed by atoms with van der Waals surface area (Å²) in [6, 6.07) is 11.1. The van der Waals surface area contributed by atoms with Crippen LogP contribution in [0, 0.1) is 11.8 Å². The van der Waals surface area contributed by atoms with Crippen LogP contribution in [-0.2, 0) is 0 Å². The number of rotatable bonds is 1. The Morgan fingerprint density at radius 1 is 1.00 bits per heavy atom. The molecule has 0 heteroatoms. The molecule has 67 valence electrons. The minimum atomic E-state index is 0.866. The minimum absolute atomic E-state index is 0.866. The van der Waals surface area contributed by atoms with Gasteiger partial charge in [-0.15, -0.1) is 0 Å². The number of hydrogen-bond acceptors (Lipinski definition) is 0. The van der Waals surface area contributed by atoms with Crippen molar-refractivity contribution in [3.8, 4) is 0 Å². The van der Waals surface area contributed by atoms with Gasteiger partial charge in [-0.3, -0.25) is 0 Å². The first kappa shape index (κ1) is 7.61. The molecule has 0 saturated heterocycles. The quantitative estimate of drug-likeness (QED) is 0.606. The Hall–Kier alpha value is -0.780. The van der Waals surface area contributed by atoms with Gasteiger partial charge >= 0.3 is 0 Å². The van der Waals surface area contributed by atoms with Crippen LogP contribution in [0.5, 0.6) is 0 Å². The second-order valence-electron chi connectivity index (χ2n) is 4.47. The zero-order valence-electron chi connectivity index (χ0n) is 7.87. The van der Waals surface area contributed by atoms with E-state index >= 15 is 0 Å². The van der Waals surface area contributed by atoms with Crippen molar-refractivity contribution in [2.24, 2.45) is 5.92 Å². The lowest BCUT2D eigenvalue weighted by Gasteiger charge is -2.21. The van der Waals surface area contributed by atoms with Crippen LogP contribution in [0.1, 0.15) is 37.2 Å². The molecule has 2 atom stereocenters. The van der Waals surface area contributed by atoms with Gasteiger partial charge in [-0.05, 0) is 49.0 Å². The fourth-order valence-electron chi connectivity index (χ4n) is 3.06. The van der Waals surface area contributed by atoms with Crippen LogP contribution in [0.25, 0.3) is 0 Å². The molecule has 2 bridgehead atoms. The summed E-state index contributed by atoms with van der Waals surface area (Å²) in [7, 11) is 0. The first-order valence-corrected chi connectivity index (χ1v) is 5.32. The summed E-state index contributed by atoms with van der Waals surface area (Å²) in [6.45, 7) is 0. The minimum Gasteiger partial charge on any atom is -0.0622 e.